The average Bonchev–Trinajstić information content (AvgIpc) is 3.64. The minimum Gasteiger partial charge on any atom is -0.493 e. The molecule has 2 aliphatic rings. The monoisotopic (exact) mass is 542 g/mol. The fraction of sp³-hybridized carbons (Fsp3) is 0.480. The van der Waals surface area contributed by atoms with Crippen LogP contribution in [0.25, 0.3) is 0 Å². The Balaban J connectivity index is 1.31. The molecule has 10 heteroatoms. The standard InChI is InChI=1S/C25H29Cl2FN2O4S/c1-15-9-22(25(31)29-35(32,33)21-3-4-21)23(28)13-24(15)34-14-17-5-7-30(8-6-17)16(2)18-10-19(26)12-20(27)11-18/h9-13,16-17,21H,3-8,14H2,1-2H3,(H,29,31)/t16-/m0/s1. The molecule has 2 fully saturated rings. The van der Waals surface area contributed by atoms with Gasteiger partial charge in [-0.3, -0.25) is 9.69 Å². The van der Waals surface area contributed by atoms with E-state index in [1.807, 2.05) is 16.9 Å². The fourth-order valence-electron chi connectivity index (χ4n) is 4.38. The van der Waals surface area contributed by atoms with E-state index in [1.54, 1.807) is 13.0 Å². The van der Waals surface area contributed by atoms with E-state index in [1.165, 1.54) is 6.07 Å². The van der Waals surface area contributed by atoms with Gasteiger partial charge in [0.05, 0.1) is 17.4 Å². The smallest absolute Gasteiger partial charge is 0.267 e. The number of likely N-dealkylation sites (tertiary alicyclic amines) is 1. The van der Waals surface area contributed by atoms with Crippen LogP contribution in [-0.4, -0.2) is 44.2 Å². The van der Waals surface area contributed by atoms with E-state index < -0.39 is 27.0 Å². The van der Waals surface area contributed by atoms with Crippen molar-refractivity contribution in [2.75, 3.05) is 19.7 Å². The molecular formula is C25H29Cl2FN2O4S. The number of halogens is 3. The predicted molar refractivity (Wildman–Crippen MR) is 135 cm³/mol. The van der Waals surface area contributed by atoms with Crippen LogP contribution in [0.3, 0.4) is 0 Å². The van der Waals surface area contributed by atoms with Crippen molar-refractivity contribution in [2.45, 2.75) is 50.8 Å². The molecule has 1 N–H and O–H groups in total. The highest BCUT2D eigenvalue weighted by molar-refractivity contribution is 7.91. The number of carbonyl (C=O) groups excluding carboxylic acids is 1. The van der Waals surface area contributed by atoms with Crippen molar-refractivity contribution >= 4 is 39.1 Å². The number of aryl methyl sites for hydroxylation is 1. The second kappa shape index (κ2) is 10.6. The molecular weight excluding hydrogens is 514 g/mol. The summed E-state index contributed by atoms with van der Waals surface area (Å²) in [6, 6.07) is 8.29. The number of benzene rings is 2. The Hall–Kier alpha value is -1.87. The molecule has 0 bridgehead atoms. The van der Waals surface area contributed by atoms with Crippen LogP contribution in [0.4, 0.5) is 4.39 Å². The van der Waals surface area contributed by atoms with Crippen LogP contribution in [0, 0.1) is 18.7 Å². The van der Waals surface area contributed by atoms with Gasteiger partial charge in [0.15, 0.2) is 0 Å². The Kier molecular flexibility index (Phi) is 7.95. The third-order valence-electron chi connectivity index (χ3n) is 6.75. The van der Waals surface area contributed by atoms with Gasteiger partial charge < -0.3 is 4.74 Å². The maximum Gasteiger partial charge on any atom is 0.267 e. The van der Waals surface area contributed by atoms with Gasteiger partial charge >= 0.3 is 0 Å². The van der Waals surface area contributed by atoms with Crippen LogP contribution < -0.4 is 9.46 Å². The van der Waals surface area contributed by atoms with Crippen molar-refractivity contribution in [1.82, 2.24) is 9.62 Å². The van der Waals surface area contributed by atoms with Gasteiger partial charge in [0.1, 0.15) is 11.6 Å². The molecule has 1 amide bonds. The van der Waals surface area contributed by atoms with Gasteiger partial charge in [0, 0.05) is 22.2 Å². The Morgan fingerprint density at radius 2 is 1.74 bits per heavy atom. The Morgan fingerprint density at radius 3 is 2.34 bits per heavy atom. The Morgan fingerprint density at radius 1 is 1.11 bits per heavy atom. The first-order chi connectivity index (χ1) is 16.5. The Bertz CT molecular complexity index is 1190. The summed E-state index contributed by atoms with van der Waals surface area (Å²) in [7, 11) is -3.75. The zero-order chi connectivity index (χ0) is 25.3. The summed E-state index contributed by atoms with van der Waals surface area (Å²) in [5.74, 6) is -1.09. The van der Waals surface area contributed by atoms with Crippen LogP contribution in [-0.2, 0) is 10.0 Å². The van der Waals surface area contributed by atoms with Crippen molar-refractivity contribution in [3.63, 3.8) is 0 Å². The molecule has 4 rings (SSSR count). The molecule has 1 saturated heterocycles. The molecule has 1 aliphatic carbocycles. The largest absolute Gasteiger partial charge is 0.493 e. The molecule has 2 aromatic carbocycles. The number of rotatable bonds is 8. The molecule has 1 atom stereocenters. The zero-order valence-corrected chi connectivity index (χ0v) is 22.0. The highest BCUT2D eigenvalue weighted by atomic mass is 35.5. The summed E-state index contributed by atoms with van der Waals surface area (Å²) in [6.45, 7) is 6.06. The lowest BCUT2D eigenvalue weighted by molar-refractivity contribution is 0.0977. The number of ether oxygens (including phenoxy) is 1. The van der Waals surface area contributed by atoms with Crippen molar-refractivity contribution in [1.29, 1.82) is 0 Å². The molecule has 0 aromatic heterocycles. The minimum absolute atomic E-state index is 0.187. The summed E-state index contributed by atoms with van der Waals surface area (Å²) in [4.78, 5) is 14.7. The van der Waals surface area contributed by atoms with Crippen LogP contribution in [0.15, 0.2) is 30.3 Å². The molecule has 0 unspecified atom stereocenters. The third-order valence-corrected chi connectivity index (χ3v) is 9.00. The number of nitrogens with zero attached hydrogens (tertiary/aromatic N) is 1. The number of sulfonamides is 1. The number of piperidine rings is 1. The summed E-state index contributed by atoms with van der Waals surface area (Å²) in [5, 5.41) is 0.687. The van der Waals surface area contributed by atoms with E-state index in [2.05, 4.69) is 11.8 Å². The minimum atomic E-state index is -3.75. The fourth-order valence-corrected chi connectivity index (χ4v) is 6.21. The van der Waals surface area contributed by atoms with E-state index >= 15 is 0 Å². The quantitative estimate of drug-likeness (QED) is 0.475. The molecule has 35 heavy (non-hydrogen) atoms. The molecule has 0 spiro atoms. The van der Waals surface area contributed by atoms with Crippen LogP contribution in [0.2, 0.25) is 10.0 Å². The first kappa shape index (κ1) is 26.2. The van der Waals surface area contributed by atoms with E-state index in [0.717, 1.165) is 37.6 Å². The van der Waals surface area contributed by atoms with Gasteiger partial charge in [-0.25, -0.2) is 17.5 Å². The van der Waals surface area contributed by atoms with Crippen LogP contribution in [0.5, 0.6) is 5.75 Å². The van der Waals surface area contributed by atoms with Crippen molar-refractivity contribution in [3.8, 4) is 5.75 Å². The Labute approximate surface area is 215 Å². The van der Waals surface area contributed by atoms with E-state index in [-0.39, 0.29) is 11.6 Å². The zero-order valence-electron chi connectivity index (χ0n) is 19.7. The lowest BCUT2D eigenvalue weighted by Gasteiger charge is -2.36. The van der Waals surface area contributed by atoms with E-state index in [9.17, 15) is 17.6 Å². The molecule has 2 aromatic rings. The molecule has 1 heterocycles. The molecule has 0 radical (unpaired) electrons. The van der Waals surface area contributed by atoms with Gasteiger partial charge in [-0.05, 0) is 93.9 Å². The maximum atomic E-state index is 14.6. The van der Waals surface area contributed by atoms with Gasteiger partial charge in [0.25, 0.3) is 5.91 Å². The second-order valence-corrected chi connectivity index (χ2v) is 12.3. The SMILES string of the molecule is Cc1cc(C(=O)NS(=O)(=O)C2CC2)c(F)cc1OCC1CCN([C@@H](C)c2cc(Cl)cc(Cl)c2)CC1. The summed E-state index contributed by atoms with van der Waals surface area (Å²) < 4.78 is 46.5. The first-order valence-electron chi connectivity index (χ1n) is 11.7. The van der Waals surface area contributed by atoms with Gasteiger partial charge in [-0.2, -0.15) is 0 Å². The van der Waals surface area contributed by atoms with Crippen molar-refractivity contribution < 1.29 is 22.3 Å². The number of amides is 1. The number of hydrogen-bond acceptors (Lipinski definition) is 5. The molecule has 1 saturated carbocycles. The van der Waals surface area contributed by atoms with Gasteiger partial charge in [-0.15, -0.1) is 0 Å². The highest BCUT2D eigenvalue weighted by Gasteiger charge is 2.37. The third kappa shape index (κ3) is 6.47. The average molecular weight is 543 g/mol. The summed E-state index contributed by atoms with van der Waals surface area (Å²) >= 11 is 12.3. The second-order valence-electron chi connectivity index (χ2n) is 9.44. The molecule has 1 aliphatic heterocycles. The van der Waals surface area contributed by atoms with E-state index in [4.69, 9.17) is 27.9 Å². The van der Waals surface area contributed by atoms with Gasteiger partial charge in [0.2, 0.25) is 10.0 Å². The topological polar surface area (TPSA) is 75.7 Å². The van der Waals surface area contributed by atoms with Crippen LogP contribution in [0.1, 0.15) is 60.1 Å². The van der Waals surface area contributed by atoms with Crippen LogP contribution >= 0.6 is 23.2 Å². The first-order valence-corrected chi connectivity index (χ1v) is 14.0. The predicted octanol–water partition coefficient (Wildman–Crippen LogP) is 5.51. The lowest BCUT2D eigenvalue weighted by Crippen LogP contribution is -2.37. The lowest BCUT2D eigenvalue weighted by atomic mass is 9.95. The molecule has 190 valence electrons. The number of carbonyl (C=O) groups is 1. The summed E-state index contributed by atoms with van der Waals surface area (Å²) in [5.41, 5.74) is 1.35. The van der Waals surface area contributed by atoms with Crippen molar-refractivity contribution in [2.24, 2.45) is 5.92 Å². The number of hydrogen-bond donors (Lipinski definition) is 1. The number of nitrogens with one attached hydrogen (secondary N) is 1. The summed E-state index contributed by atoms with van der Waals surface area (Å²) in [6.07, 6.45) is 2.90. The van der Waals surface area contributed by atoms with Gasteiger partial charge in [-0.1, -0.05) is 23.2 Å². The highest BCUT2D eigenvalue weighted by Crippen LogP contribution is 2.31. The van der Waals surface area contributed by atoms with Crippen molar-refractivity contribution in [3.05, 3.63) is 62.9 Å². The molecule has 6 nitrogen and oxygen atoms in total. The van der Waals surface area contributed by atoms with E-state index in [0.29, 0.717) is 46.7 Å². The maximum absolute atomic E-state index is 14.6. The normalized spacial score (nSPS) is 18.3.